The van der Waals surface area contributed by atoms with Crippen molar-refractivity contribution in [2.45, 2.75) is 13.0 Å². The maximum absolute atomic E-state index is 12.0. The van der Waals surface area contributed by atoms with Gasteiger partial charge in [0.15, 0.2) is 0 Å². The lowest BCUT2D eigenvalue weighted by atomic mass is 10.1. The van der Waals surface area contributed by atoms with Gasteiger partial charge in [-0.25, -0.2) is 0 Å². The molecule has 2 heterocycles. The number of fused-ring (bicyclic) bond motifs is 1. The first-order valence-electron chi connectivity index (χ1n) is 6.30. The Balaban J connectivity index is 2.07. The molecule has 1 aromatic carbocycles. The van der Waals surface area contributed by atoms with Crippen LogP contribution in [0, 0.1) is 0 Å². The normalized spacial score (nSPS) is 12.5. The highest BCUT2D eigenvalue weighted by atomic mass is 79.9. The van der Waals surface area contributed by atoms with Crippen LogP contribution in [0.25, 0.3) is 10.8 Å². The number of thiophene rings is 1. The largest absolute Gasteiger partial charge is 0.377 e. The number of H-pyrrole nitrogens is 2. The van der Waals surface area contributed by atoms with Crippen LogP contribution in [0.1, 0.15) is 17.8 Å². The van der Waals surface area contributed by atoms with E-state index in [2.05, 4.69) is 31.4 Å². The van der Waals surface area contributed by atoms with Gasteiger partial charge in [-0.1, -0.05) is 6.07 Å². The SMILES string of the molecule is CC(Nc1cccc2c(=O)[nH][nH]c(=O)c12)c1cc(Br)cs1. The summed E-state index contributed by atoms with van der Waals surface area (Å²) >= 11 is 5.06. The Bertz CT molecular complexity index is 912. The smallest absolute Gasteiger partial charge is 0.272 e. The third-order valence-electron chi connectivity index (χ3n) is 3.21. The van der Waals surface area contributed by atoms with Crippen LogP contribution in [-0.2, 0) is 0 Å². The molecular weight excluding hydrogens is 354 g/mol. The molecule has 0 aliphatic rings. The van der Waals surface area contributed by atoms with E-state index in [-0.39, 0.29) is 17.2 Å². The van der Waals surface area contributed by atoms with Gasteiger partial charge in [0.2, 0.25) is 0 Å². The summed E-state index contributed by atoms with van der Waals surface area (Å²) in [6.45, 7) is 2.01. The van der Waals surface area contributed by atoms with E-state index in [1.54, 1.807) is 29.5 Å². The van der Waals surface area contributed by atoms with Gasteiger partial charge in [-0.15, -0.1) is 11.3 Å². The standard InChI is InChI=1S/C14H12BrN3O2S/c1-7(11-5-8(15)6-21-11)16-10-4-2-3-9-12(10)14(20)18-17-13(9)19/h2-7,16H,1H3,(H,17,19)(H,18,20). The van der Waals surface area contributed by atoms with Gasteiger partial charge in [0.1, 0.15) is 0 Å². The Morgan fingerprint density at radius 2 is 2.00 bits per heavy atom. The molecule has 1 atom stereocenters. The molecule has 0 radical (unpaired) electrons. The summed E-state index contributed by atoms with van der Waals surface area (Å²) < 4.78 is 1.03. The lowest BCUT2D eigenvalue weighted by molar-refractivity contribution is 0.907. The van der Waals surface area contributed by atoms with Crippen molar-refractivity contribution >= 4 is 43.7 Å². The molecule has 0 bridgehead atoms. The number of rotatable bonds is 3. The molecule has 0 saturated heterocycles. The van der Waals surface area contributed by atoms with Crippen LogP contribution < -0.4 is 16.4 Å². The molecule has 1 unspecified atom stereocenters. The Morgan fingerprint density at radius 3 is 2.71 bits per heavy atom. The maximum Gasteiger partial charge on any atom is 0.272 e. The number of hydrogen-bond acceptors (Lipinski definition) is 4. The van der Waals surface area contributed by atoms with E-state index in [0.29, 0.717) is 16.5 Å². The Hall–Kier alpha value is -1.86. The highest BCUT2D eigenvalue weighted by Crippen LogP contribution is 2.29. The maximum atomic E-state index is 12.0. The highest BCUT2D eigenvalue weighted by Gasteiger charge is 2.12. The van der Waals surface area contributed by atoms with E-state index < -0.39 is 0 Å². The minimum atomic E-state index is -0.313. The van der Waals surface area contributed by atoms with Crippen molar-refractivity contribution < 1.29 is 0 Å². The van der Waals surface area contributed by atoms with Crippen molar-refractivity contribution in [3.05, 3.63) is 59.7 Å². The zero-order valence-corrected chi connectivity index (χ0v) is 13.5. The second-order valence-electron chi connectivity index (χ2n) is 4.67. The van der Waals surface area contributed by atoms with Gasteiger partial charge in [-0.05, 0) is 41.1 Å². The first-order valence-corrected chi connectivity index (χ1v) is 7.97. The third-order valence-corrected chi connectivity index (χ3v) is 5.09. The number of hydrogen-bond donors (Lipinski definition) is 3. The molecule has 5 nitrogen and oxygen atoms in total. The lowest BCUT2D eigenvalue weighted by Crippen LogP contribution is -2.20. The Labute approximate surface area is 132 Å². The topological polar surface area (TPSA) is 77.8 Å². The zero-order valence-electron chi connectivity index (χ0n) is 11.1. The van der Waals surface area contributed by atoms with Crippen molar-refractivity contribution in [2.75, 3.05) is 5.32 Å². The summed E-state index contributed by atoms with van der Waals surface area (Å²) in [5.41, 5.74) is 0.0314. The summed E-state index contributed by atoms with van der Waals surface area (Å²) in [5, 5.41) is 10.8. The number of aromatic nitrogens is 2. The summed E-state index contributed by atoms with van der Waals surface area (Å²) in [6, 6.07) is 7.27. The summed E-state index contributed by atoms with van der Waals surface area (Å²) in [7, 11) is 0. The molecule has 0 amide bonds. The molecule has 108 valence electrons. The van der Waals surface area contributed by atoms with Crippen molar-refractivity contribution in [3.63, 3.8) is 0 Å². The fraction of sp³-hybridized carbons (Fsp3) is 0.143. The molecule has 3 aromatic rings. The third kappa shape index (κ3) is 2.66. The molecule has 0 fully saturated rings. The van der Waals surface area contributed by atoms with Crippen molar-refractivity contribution in [1.82, 2.24) is 10.2 Å². The van der Waals surface area contributed by atoms with Crippen LogP contribution in [0.2, 0.25) is 0 Å². The summed E-state index contributed by atoms with van der Waals surface area (Å²) in [4.78, 5) is 24.9. The lowest BCUT2D eigenvalue weighted by Gasteiger charge is -2.15. The van der Waals surface area contributed by atoms with Crippen LogP contribution in [0.15, 0.2) is 43.7 Å². The fourth-order valence-electron chi connectivity index (χ4n) is 2.21. The molecule has 7 heteroatoms. The predicted molar refractivity (Wildman–Crippen MR) is 89.2 cm³/mol. The van der Waals surface area contributed by atoms with Gasteiger partial charge in [-0.3, -0.25) is 19.8 Å². The van der Waals surface area contributed by atoms with Gasteiger partial charge in [0.25, 0.3) is 11.1 Å². The van der Waals surface area contributed by atoms with E-state index >= 15 is 0 Å². The monoisotopic (exact) mass is 365 g/mol. The Morgan fingerprint density at radius 1 is 1.24 bits per heavy atom. The van der Waals surface area contributed by atoms with Crippen LogP contribution in [0.5, 0.6) is 0 Å². The highest BCUT2D eigenvalue weighted by molar-refractivity contribution is 9.10. The van der Waals surface area contributed by atoms with Gasteiger partial charge in [0, 0.05) is 20.4 Å². The quantitative estimate of drug-likeness (QED) is 0.666. The van der Waals surface area contributed by atoms with Crippen LogP contribution in [0.3, 0.4) is 0 Å². The van der Waals surface area contributed by atoms with E-state index in [9.17, 15) is 9.59 Å². The van der Waals surface area contributed by atoms with E-state index in [0.717, 1.165) is 9.35 Å². The zero-order chi connectivity index (χ0) is 15.0. The van der Waals surface area contributed by atoms with E-state index in [4.69, 9.17) is 0 Å². The van der Waals surface area contributed by atoms with Crippen molar-refractivity contribution in [2.24, 2.45) is 0 Å². The number of benzene rings is 1. The second kappa shape index (κ2) is 5.50. The molecule has 0 aliphatic carbocycles. The molecule has 0 saturated carbocycles. The molecule has 3 rings (SSSR count). The van der Waals surface area contributed by atoms with Crippen LogP contribution in [-0.4, -0.2) is 10.2 Å². The minimum absolute atomic E-state index is 0.0330. The predicted octanol–water partition coefficient (Wildman–Crippen LogP) is 3.21. The van der Waals surface area contributed by atoms with Crippen molar-refractivity contribution in [1.29, 1.82) is 0 Å². The number of anilines is 1. The molecule has 0 spiro atoms. The first-order chi connectivity index (χ1) is 10.1. The van der Waals surface area contributed by atoms with Gasteiger partial charge < -0.3 is 5.32 Å². The summed E-state index contributed by atoms with van der Waals surface area (Å²) in [6.07, 6.45) is 0. The first kappa shape index (κ1) is 14.1. The molecular formula is C14H12BrN3O2S. The Kier molecular flexibility index (Phi) is 3.69. The van der Waals surface area contributed by atoms with Gasteiger partial charge >= 0.3 is 0 Å². The average Bonchev–Trinajstić information content (AvgIpc) is 2.90. The van der Waals surface area contributed by atoms with Crippen LogP contribution in [0.4, 0.5) is 5.69 Å². The number of halogens is 1. The number of nitrogens with one attached hydrogen (secondary N) is 3. The summed E-state index contributed by atoms with van der Waals surface area (Å²) in [5.74, 6) is 0. The van der Waals surface area contributed by atoms with Crippen molar-refractivity contribution in [3.8, 4) is 0 Å². The molecule has 21 heavy (non-hydrogen) atoms. The van der Waals surface area contributed by atoms with Gasteiger partial charge in [-0.2, -0.15) is 0 Å². The second-order valence-corrected chi connectivity index (χ2v) is 6.53. The van der Waals surface area contributed by atoms with Gasteiger partial charge in [0.05, 0.1) is 16.8 Å². The molecule has 2 aromatic heterocycles. The fourth-order valence-corrected chi connectivity index (χ4v) is 3.66. The van der Waals surface area contributed by atoms with Crippen LogP contribution >= 0.6 is 27.3 Å². The van der Waals surface area contributed by atoms with E-state index in [1.807, 2.05) is 18.4 Å². The molecule has 3 N–H and O–H groups in total. The number of aromatic amines is 2. The minimum Gasteiger partial charge on any atom is -0.377 e. The molecule has 0 aliphatic heterocycles. The van der Waals surface area contributed by atoms with E-state index in [1.165, 1.54) is 0 Å². The average molecular weight is 366 g/mol.